The average Bonchev–Trinajstić information content (AvgIpc) is 2.73. The minimum atomic E-state index is -3.34. The summed E-state index contributed by atoms with van der Waals surface area (Å²) >= 11 is 0. The molecule has 2 aromatic carbocycles. The molecule has 1 saturated carbocycles. The second-order valence-corrected chi connectivity index (χ2v) is 9.55. The van der Waals surface area contributed by atoms with Crippen LogP contribution >= 0.6 is 0 Å². The van der Waals surface area contributed by atoms with Gasteiger partial charge in [-0.15, -0.1) is 0 Å². The fraction of sp³-hybridized carbons (Fsp3) is 0.409. The molecule has 0 bridgehead atoms. The van der Waals surface area contributed by atoms with Gasteiger partial charge in [0.05, 0.1) is 11.2 Å². The van der Waals surface area contributed by atoms with Gasteiger partial charge < -0.3 is 5.32 Å². The second-order valence-electron chi connectivity index (χ2n) is 7.54. The molecular weight excluding hydrogens is 391 g/mol. The van der Waals surface area contributed by atoms with Crippen LogP contribution in [-0.4, -0.2) is 20.1 Å². The SMILES string of the molecule is CCS(=O)(=O)Nc1ccc(C2(C(=O)NCc3cccc(F)c3)CCCCC2)cc1. The largest absolute Gasteiger partial charge is 0.351 e. The number of hydrogen-bond acceptors (Lipinski definition) is 3. The van der Waals surface area contributed by atoms with Crippen molar-refractivity contribution < 1.29 is 17.6 Å². The van der Waals surface area contributed by atoms with Crippen molar-refractivity contribution in [2.24, 2.45) is 0 Å². The molecule has 1 aliphatic rings. The van der Waals surface area contributed by atoms with Gasteiger partial charge in [0.2, 0.25) is 15.9 Å². The van der Waals surface area contributed by atoms with Crippen molar-refractivity contribution in [2.75, 3.05) is 10.5 Å². The maximum atomic E-state index is 13.4. The molecule has 3 rings (SSSR count). The maximum absolute atomic E-state index is 13.4. The van der Waals surface area contributed by atoms with Gasteiger partial charge in [0.1, 0.15) is 5.82 Å². The first-order valence-corrected chi connectivity index (χ1v) is 11.6. The van der Waals surface area contributed by atoms with Gasteiger partial charge in [0.25, 0.3) is 0 Å². The smallest absolute Gasteiger partial charge is 0.232 e. The van der Waals surface area contributed by atoms with Crippen LogP contribution in [0.25, 0.3) is 0 Å². The molecule has 7 heteroatoms. The van der Waals surface area contributed by atoms with Crippen LogP contribution in [0.2, 0.25) is 0 Å². The van der Waals surface area contributed by atoms with Crippen LogP contribution in [0.3, 0.4) is 0 Å². The highest BCUT2D eigenvalue weighted by Gasteiger charge is 2.40. The van der Waals surface area contributed by atoms with Gasteiger partial charge in [-0.3, -0.25) is 9.52 Å². The van der Waals surface area contributed by atoms with E-state index in [1.165, 1.54) is 12.1 Å². The summed E-state index contributed by atoms with van der Waals surface area (Å²) in [6.45, 7) is 1.85. The molecule has 0 atom stereocenters. The third kappa shape index (κ3) is 5.15. The highest BCUT2D eigenvalue weighted by molar-refractivity contribution is 7.92. The molecule has 1 aliphatic carbocycles. The van der Waals surface area contributed by atoms with Gasteiger partial charge in [0.15, 0.2) is 0 Å². The van der Waals surface area contributed by atoms with Gasteiger partial charge in [-0.1, -0.05) is 43.5 Å². The van der Waals surface area contributed by atoms with E-state index in [9.17, 15) is 17.6 Å². The van der Waals surface area contributed by atoms with Gasteiger partial charge in [0, 0.05) is 12.2 Å². The molecule has 0 radical (unpaired) electrons. The van der Waals surface area contributed by atoms with E-state index in [1.54, 1.807) is 31.2 Å². The van der Waals surface area contributed by atoms with Crippen molar-refractivity contribution in [2.45, 2.75) is 51.0 Å². The molecule has 1 fully saturated rings. The van der Waals surface area contributed by atoms with Gasteiger partial charge >= 0.3 is 0 Å². The number of amides is 1. The number of rotatable bonds is 7. The lowest BCUT2D eigenvalue weighted by Crippen LogP contribution is -2.45. The fourth-order valence-electron chi connectivity index (χ4n) is 3.91. The third-order valence-corrected chi connectivity index (χ3v) is 6.88. The van der Waals surface area contributed by atoms with Crippen molar-refractivity contribution >= 4 is 21.6 Å². The van der Waals surface area contributed by atoms with E-state index in [1.807, 2.05) is 12.1 Å². The molecule has 0 heterocycles. The lowest BCUT2D eigenvalue weighted by molar-refractivity contribution is -0.128. The number of carbonyl (C=O) groups is 1. The maximum Gasteiger partial charge on any atom is 0.232 e. The third-order valence-electron chi connectivity index (χ3n) is 5.57. The van der Waals surface area contributed by atoms with E-state index in [0.29, 0.717) is 11.3 Å². The Bertz CT molecular complexity index is 952. The Labute approximate surface area is 171 Å². The van der Waals surface area contributed by atoms with Crippen molar-refractivity contribution in [3.63, 3.8) is 0 Å². The Hall–Kier alpha value is -2.41. The molecule has 2 N–H and O–H groups in total. The van der Waals surface area contributed by atoms with Crippen LogP contribution in [-0.2, 0) is 26.8 Å². The van der Waals surface area contributed by atoms with E-state index in [-0.39, 0.29) is 24.0 Å². The van der Waals surface area contributed by atoms with Gasteiger partial charge in [-0.25, -0.2) is 12.8 Å². The molecule has 156 valence electrons. The predicted octanol–water partition coefficient (Wildman–Crippen LogP) is 4.11. The minimum Gasteiger partial charge on any atom is -0.351 e. The summed E-state index contributed by atoms with van der Waals surface area (Å²) in [6.07, 6.45) is 4.48. The van der Waals surface area contributed by atoms with Crippen molar-refractivity contribution in [3.8, 4) is 0 Å². The Morgan fingerprint density at radius 3 is 2.38 bits per heavy atom. The van der Waals surface area contributed by atoms with E-state index in [4.69, 9.17) is 0 Å². The second kappa shape index (κ2) is 8.95. The molecular formula is C22H27FN2O3S. The van der Waals surface area contributed by atoms with Crippen LogP contribution in [0, 0.1) is 5.82 Å². The lowest BCUT2D eigenvalue weighted by Gasteiger charge is -2.36. The topological polar surface area (TPSA) is 75.3 Å². The van der Waals surface area contributed by atoms with Crippen LogP contribution in [0.1, 0.15) is 50.2 Å². The van der Waals surface area contributed by atoms with Crippen molar-refractivity contribution in [3.05, 3.63) is 65.5 Å². The Morgan fingerprint density at radius 2 is 1.76 bits per heavy atom. The van der Waals surface area contributed by atoms with E-state index in [2.05, 4.69) is 10.0 Å². The van der Waals surface area contributed by atoms with E-state index >= 15 is 0 Å². The Morgan fingerprint density at radius 1 is 1.07 bits per heavy atom. The summed E-state index contributed by atoms with van der Waals surface area (Å²) in [4.78, 5) is 13.2. The zero-order chi connectivity index (χ0) is 20.9. The Balaban J connectivity index is 1.79. The number of carbonyl (C=O) groups excluding carboxylic acids is 1. The molecule has 1 amide bonds. The molecule has 2 aromatic rings. The quantitative estimate of drug-likeness (QED) is 0.711. The molecule has 5 nitrogen and oxygen atoms in total. The lowest BCUT2D eigenvalue weighted by atomic mass is 9.68. The van der Waals surface area contributed by atoms with E-state index < -0.39 is 15.4 Å². The van der Waals surface area contributed by atoms with Crippen molar-refractivity contribution in [1.82, 2.24) is 5.32 Å². The first-order chi connectivity index (χ1) is 13.8. The zero-order valence-electron chi connectivity index (χ0n) is 16.6. The molecule has 0 aliphatic heterocycles. The summed E-state index contributed by atoms with van der Waals surface area (Å²) in [5, 5.41) is 2.98. The first-order valence-electron chi connectivity index (χ1n) is 9.98. The Kier molecular flexibility index (Phi) is 6.57. The number of hydrogen-bond donors (Lipinski definition) is 2. The van der Waals surface area contributed by atoms with E-state index in [0.717, 1.165) is 37.7 Å². The fourth-order valence-corrected chi connectivity index (χ4v) is 4.55. The minimum absolute atomic E-state index is 0.00117. The number of nitrogens with one attached hydrogen (secondary N) is 2. The average molecular weight is 419 g/mol. The zero-order valence-corrected chi connectivity index (χ0v) is 17.4. The number of sulfonamides is 1. The first kappa shape index (κ1) is 21.3. The van der Waals surface area contributed by atoms with Crippen LogP contribution in [0.5, 0.6) is 0 Å². The molecule has 0 aromatic heterocycles. The summed E-state index contributed by atoms with van der Waals surface area (Å²) in [5.74, 6) is -0.390. The summed E-state index contributed by atoms with van der Waals surface area (Å²) in [5.41, 5.74) is 1.44. The highest BCUT2D eigenvalue weighted by atomic mass is 32.2. The molecule has 29 heavy (non-hydrogen) atoms. The standard InChI is InChI=1S/C22H27FN2O3S/c1-2-29(27,28)25-20-11-9-18(10-12-20)22(13-4-3-5-14-22)21(26)24-16-17-7-6-8-19(23)15-17/h6-12,15,25H,2-5,13-14,16H2,1H3,(H,24,26). The van der Waals surface area contributed by atoms with Crippen LogP contribution < -0.4 is 10.0 Å². The molecule has 0 unspecified atom stereocenters. The van der Waals surface area contributed by atoms with Crippen molar-refractivity contribution in [1.29, 1.82) is 0 Å². The van der Waals surface area contributed by atoms with Crippen LogP contribution in [0.15, 0.2) is 48.5 Å². The normalized spacial score (nSPS) is 16.2. The number of halogens is 1. The summed E-state index contributed by atoms with van der Waals surface area (Å²) < 4.78 is 39.5. The number of anilines is 1. The molecule has 0 spiro atoms. The summed E-state index contributed by atoms with van der Waals surface area (Å²) in [6, 6.07) is 13.3. The van der Waals surface area contributed by atoms with Gasteiger partial charge in [-0.2, -0.15) is 0 Å². The predicted molar refractivity (Wildman–Crippen MR) is 113 cm³/mol. The monoisotopic (exact) mass is 418 g/mol. The number of benzene rings is 2. The van der Waals surface area contributed by atoms with Crippen LogP contribution in [0.4, 0.5) is 10.1 Å². The highest BCUT2D eigenvalue weighted by Crippen LogP contribution is 2.40. The van der Waals surface area contributed by atoms with Gasteiger partial charge in [-0.05, 0) is 55.2 Å². The summed E-state index contributed by atoms with van der Waals surface area (Å²) in [7, 11) is -3.34. The molecule has 0 saturated heterocycles.